The molecule has 1 amide bonds. The van der Waals surface area contributed by atoms with Crippen LogP contribution in [0.15, 0.2) is 30.6 Å². The zero-order valence-corrected chi connectivity index (χ0v) is 13.9. The number of carbonyl (C=O) groups is 1. The second kappa shape index (κ2) is 7.89. The Kier molecular flexibility index (Phi) is 5.90. The normalized spacial score (nSPS) is 11.1. The predicted molar refractivity (Wildman–Crippen MR) is 88.7 cm³/mol. The number of aromatic nitrogens is 3. The van der Waals surface area contributed by atoms with E-state index in [4.69, 9.17) is 11.6 Å². The van der Waals surface area contributed by atoms with Gasteiger partial charge in [0.25, 0.3) is 0 Å². The molecule has 0 aliphatic carbocycles. The van der Waals surface area contributed by atoms with Gasteiger partial charge in [0, 0.05) is 44.2 Å². The van der Waals surface area contributed by atoms with E-state index in [9.17, 15) is 9.90 Å². The molecule has 0 aliphatic rings. The van der Waals surface area contributed by atoms with Gasteiger partial charge in [0.15, 0.2) is 0 Å². The minimum absolute atomic E-state index is 0.105. The quantitative estimate of drug-likeness (QED) is 0.818. The van der Waals surface area contributed by atoms with Gasteiger partial charge in [-0.3, -0.25) is 14.5 Å². The van der Waals surface area contributed by atoms with Crippen LogP contribution in [-0.2, 0) is 18.4 Å². The molecular formula is C16H19ClN4O2. The lowest BCUT2D eigenvalue weighted by Gasteiger charge is -2.20. The fraction of sp³-hybridized carbons (Fsp3) is 0.312. The first-order valence-corrected chi connectivity index (χ1v) is 7.56. The first kappa shape index (κ1) is 17.2. The van der Waals surface area contributed by atoms with E-state index in [1.807, 2.05) is 19.1 Å². The van der Waals surface area contributed by atoms with Crippen molar-refractivity contribution in [3.8, 4) is 0 Å². The number of hydrogen-bond donors (Lipinski definition) is 1. The Labute approximate surface area is 140 Å². The Hall–Kier alpha value is -2.18. The van der Waals surface area contributed by atoms with Gasteiger partial charge in [0.05, 0.1) is 12.3 Å². The van der Waals surface area contributed by atoms with Gasteiger partial charge >= 0.3 is 0 Å². The molecule has 2 heterocycles. The molecular weight excluding hydrogens is 316 g/mol. The zero-order valence-electron chi connectivity index (χ0n) is 13.1. The van der Waals surface area contributed by atoms with Crippen LogP contribution in [0.5, 0.6) is 0 Å². The van der Waals surface area contributed by atoms with Crippen LogP contribution in [0.4, 0.5) is 0 Å². The topological polar surface area (TPSA) is 71.2 Å². The van der Waals surface area contributed by atoms with Crippen LogP contribution in [0.1, 0.15) is 16.8 Å². The molecule has 0 aliphatic heterocycles. The van der Waals surface area contributed by atoms with Crippen molar-refractivity contribution in [2.75, 3.05) is 13.2 Å². The Morgan fingerprint density at radius 3 is 2.87 bits per heavy atom. The highest BCUT2D eigenvalue weighted by Gasteiger charge is 2.13. The monoisotopic (exact) mass is 334 g/mol. The summed E-state index contributed by atoms with van der Waals surface area (Å²) in [4.78, 5) is 18.0. The van der Waals surface area contributed by atoms with Crippen LogP contribution in [0.2, 0.25) is 5.15 Å². The van der Waals surface area contributed by atoms with Gasteiger partial charge in [-0.15, -0.1) is 0 Å². The van der Waals surface area contributed by atoms with E-state index in [2.05, 4.69) is 10.1 Å². The number of aliphatic hydroxyl groups is 1. The molecule has 0 saturated heterocycles. The second-order valence-electron chi connectivity index (χ2n) is 5.09. The second-order valence-corrected chi connectivity index (χ2v) is 5.45. The van der Waals surface area contributed by atoms with Crippen LogP contribution in [0.3, 0.4) is 0 Å². The molecule has 2 aromatic rings. The van der Waals surface area contributed by atoms with Gasteiger partial charge in [0.2, 0.25) is 5.91 Å². The Bertz CT molecular complexity index is 698. The van der Waals surface area contributed by atoms with Crippen LogP contribution in [0, 0.1) is 6.92 Å². The maximum atomic E-state index is 12.4. The van der Waals surface area contributed by atoms with E-state index in [0.29, 0.717) is 17.3 Å². The van der Waals surface area contributed by atoms with Crippen molar-refractivity contribution in [3.63, 3.8) is 0 Å². The van der Waals surface area contributed by atoms with Crippen LogP contribution in [0.25, 0.3) is 6.08 Å². The summed E-state index contributed by atoms with van der Waals surface area (Å²) >= 11 is 6.14. The summed E-state index contributed by atoms with van der Waals surface area (Å²) in [6, 6.07) is 3.70. The molecule has 23 heavy (non-hydrogen) atoms. The summed E-state index contributed by atoms with van der Waals surface area (Å²) in [5.41, 5.74) is 2.37. The highest BCUT2D eigenvalue weighted by molar-refractivity contribution is 6.31. The van der Waals surface area contributed by atoms with E-state index in [-0.39, 0.29) is 19.1 Å². The average molecular weight is 335 g/mol. The lowest BCUT2D eigenvalue weighted by molar-refractivity contribution is -0.127. The summed E-state index contributed by atoms with van der Waals surface area (Å²) in [6.07, 6.45) is 6.47. The first-order chi connectivity index (χ1) is 11.0. The minimum Gasteiger partial charge on any atom is -0.395 e. The SMILES string of the molecule is Cc1nn(C)c(Cl)c1/C=C/C(=O)N(CCO)Cc1cccnc1. The molecule has 0 unspecified atom stereocenters. The molecule has 2 rings (SSSR count). The summed E-state index contributed by atoms with van der Waals surface area (Å²) in [7, 11) is 1.75. The summed E-state index contributed by atoms with van der Waals surface area (Å²) < 4.78 is 1.56. The fourth-order valence-corrected chi connectivity index (χ4v) is 2.43. The van der Waals surface area contributed by atoms with E-state index in [0.717, 1.165) is 11.3 Å². The van der Waals surface area contributed by atoms with Crippen molar-refractivity contribution in [1.29, 1.82) is 0 Å². The number of halogens is 1. The number of carbonyl (C=O) groups excluding carboxylic acids is 1. The van der Waals surface area contributed by atoms with Crippen molar-refractivity contribution in [2.45, 2.75) is 13.5 Å². The maximum absolute atomic E-state index is 12.4. The van der Waals surface area contributed by atoms with Gasteiger partial charge in [-0.25, -0.2) is 0 Å². The number of pyridine rings is 1. The molecule has 6 nitrogen and oxygen atoms in total. The lowest BCUT2D eigenvalue weighted by Crippen LogP contribution is -2.31. The van der Waals surface area contributed by atoms with Crippen LogP contribution in [-0.4, -0.2) is 43.8 Å². The van der Waals surface area contributed by atoms with Crippen molar-refractivity contribution in [3.05, 3.63) is 52.6 Å². The molecule has 2 aromatic heterocycles. The average Bonchev–Trinajstić information content (AvgIpc) is 2.78. The van der Waals surface area contributed by atoms with Crippen molar-refractivity contribution in [1.82, 2.24) is 19.7 Å². The third-order valence-corrected chi connectivity index (χ3v) is 3.81. The van der Waals surface area contributed by atoms with Crippen molar-refractivity contribution >= 4 is 23.6 Å². The molecule has 0 atom stereocenters. The molecule has 0 saturated carbocycles. The maximum Gasteiger partial charge on any atom is 0.246 e. The van der Waals surface area contributed by atoms with E-state index < -0.39 is 0 Å². The summed E-state index contributed by atoms with van der Waals surface area (Å²) in [6.45, 7) is 2.36. The minimum atomic E-state index is -0.206. The Morgan fingerprint density at radius 1 is 1.52 bits per heavy atom. The van der Waals surface area contributed by atoms with Crippen molar-refractivity contribution in [2.24, 2.45) is 7.05 Å². The summed E-state index contributed by atoms with van der Waals surface area (Å²) in [5, 5.41) is 13.8. The highest BCUT2D eigenvalue weighted by atomic mass is 35.5. The molecule has 0 radical (unpaired) electrons. The lowest BCUT2D eigenvalue weighted by atomic mass is 10.2. The third-order valence-electron chi connectivity index (χ3n) is 3.37. The molecule has 1 N–H and O–H groups in total. The van der Waals surface area contributed by atoms with Crippen molar-refractivity contribution < 1.29 is 9.90 Å². The number of hydrogen-bond acceptors (Lipinski definition) is 4. The van der Waals surface area contributed by atoms with E-state index >= 15 is 0 Å². The molecule has 7 heteroatoms. The largest absolute Gasteiger partial charge is 0.395 e. The zero-order chi connectivity index (χ0) is 16.8. The van der Waals surface area contributed by atoms with Gasteiger partial charge in [-0.05, 0) is 24.6 Å². The predicted octanol–water partition coefficient (Wildman–Crippen LogP) is 1.81. The van der Waals surface area contributed by atoms with Gasteiger partial charge in [-0.2, -0.15) is 5.10 Å². The van der Waals surface area contributed by atoms with Crippen LogP contribution >= 0.6 is 11.6 Å². The number of amides is 1. The molecule has 0 spiro atoms. The van der Waals surface area contributed by atoms with Gasteiger partial charge in [-0.1, -0.05) is 17.7 Å². The number of nitrogens with zero attached hydrogens (tertiary/aromatic N) is 4. The smallest absolute Gasteiger partial charge is 0.246 e. The standard InChI is InChI=1S/C16H19ClN4O2/c1-12-14(16(17)20(2)19-12)5-6-15(23)21(8-9-22)11-13-4-3-7-18-10-13/h3-7,10,22H,8-9,11H2,1-2H3/b6-5+. The molecule has 0 bridgehead atoms. The third kappa shape index (κ3) is 4.40. The summed E-state index contributed by atoms with van der Waals surface area (Å²) in [5.74, 6) is -0.206. The van der Waals surface area contributed by atoms with Gasteiger partial charge < -0.3 is 10.0 Å². The molecule has 0 fully saturated rings. The highest BCUT2D eigenvalue weighted by Crippen LogP contribution is 2.20. The first-order valence-electron chi connectivity index (χ1n) is 7.18. The fourth-order valence-electron chi connectivity index (χ4n) is 2.20. The Morgan fingerprint density at radius 2 is 2.30 bits per heavy atom. The number of aliphatic hydroxyl groups excluding tert-OH is 1. The van der Waals surface area contributed by atoms with E-state index in [1.165, 1.54) is 6.08 Å². The van der Waals surface area contributed by atoms with E-state index in [1.54, 1.807) is 35.1 Å². The number of rotatable bonds is 6. The molecule has 122 valence electrons. The van der Waals surface area contributed by atoms with Crippen LogP contribution < -0.4 is 0 Å². The molecule has 0 aromatic carbocycles. The number of aryl methyl sites for hydroxylation is 2. The Balaban J connectivity index is 2.13. The van der Waals surface area contributed by atoms with Gasteiger partial charge in [0.1, 0.15) is 5.15 Å².